The summed E-state index contributed by atoms with van der Waals surface area (Å²) in [5, 5.41) is 9.42. The van der Waals surface area contributed by atoms with E-state index in [1.807, 2.05) is 61.5 Å². The highest BCUT2D eigenvalue weighted by Crippen LogP contribution is 2.27. The molecule has 0 aliphatic rings. The lowest BCUT2D eigenvalue weighted by Gasteiger charge is -2.12. The van der Waals surface area contributed by atoms with Crippen molar-refractivity contribution in [2.24, 2.45) is 0 Å². The number of hydrogen-bond donors (Lipinski definition) is 1. The van der Waals surface area contributed by atoms with Gasteiger partial charge in [0.25, 0.3) is 0 Å². The van der Waals surface area contributed by atoms with Crippen LogP contribution in [0.4, 0.5) is 0 Å². The van der Waals surface area contributed by atoms with E-state index >= 15 is 0 Å². The molecule has 2 aromatic rings. The van der Waals surface area contributed by atoms with Gasteiger partial charge in [0.1, 0.15) is 11.5 Å². The van der Waals surface area contributed by atoms with Crippen molar-refractivity contribution >= 4 is 0 Å². The normalized spacial score (nSPS) is 11.8. The summed E-state index contributed by atoms with van der Waals surface area (Å²) in [7, 11) is 0. The zero-order valence-electron chi connectivity index (χ0n) is 10.3. The number of rotatable bonds is 4. The maximum Gasteiger partial charge on any atom is 0.127 e. The maximum absolute atomic E-state index is 9.42. The van der Waals surface area contributed by atoms with Gasteiger partial charge in [0.2, 0.25) is 0 Å². The lowest BCUT2D eigenvalue weighted by atomic mass is 10.00. The van der Waals surface area contributed by atoms with Crippen LogP contribution < -0.4 is 4.74 Å². The summed E-state index contributed by atoms with van der Waals surface area (Å²) < 4.78 is 5.74. The van der Waals surface area contributed by atoms with Gasteiger partial charge in [0.15, 0.2) is 0 Å². The lowest BCUT2D eigenvalue weighted by Crippen LogP contribution is -1.96. The number of aliphatic hydroxyl groups is 1. The van der Waals surface area contributed by atoms with Gasteiger partial charge in [-0.3, -0.25) is 0 Å². The van der Waals surface area contributed by atoms with Crippen molar-refractivity contribution in [3.8, 4) is 11.5 Å². The Balaban J connectivity index is 2.20. The summed E-state index contributed by atoms with van der Waals surface area (Å²) in [6, 6.07) is 17.3. The minimum absolute atomic E-state index is 0.0932. The van der Waals surface area contributed by atoms with Gasteiger partial charge >= 0.3 is 0 Å². The number of hydrogen-bond acceptors (Lipinski definition) is 2. The molecule has 1 atom stereocenters. The summed E-state index contributed by atoms with van der Waals surface area (Å²) in [5.74, 6) is 1.62. The molecule has 2 rings (SSSR count). The largest absolute Gasteiger partial charge is 0.512 e. The Kier molecular flexibility index (Phi) is 3.68. The second-order valence-electron chi connectivity index (χ2n) is 4.20. The van der Waals surface area contributed by atoms with E-state index in [1.165, 1.54) is 0 Å². The van der Waals surface area contributed by atoms with Crippen LogP contribution in [0.1, 0.15) is 18.4 Å². The van der Waals surface area contributed by atoms with Gasteiger partial charge in [-0.25, -0.2) is 0 Å². The standard InChI is InChI=1S/C16H16O2/c1-12(13(2)17)14-7-6-10-16(11-14)18-15-8-4-3-5-9-15/h3-12,17H,2H2,1H3. The Morgan fingerprint density at radius 3 is 2.39 bits per heavy atom. The van der Waals surface area contributed by atoms with Crippen LogP contribution in [-0.2, 0) is 0 Å². The van der Waals surface area contributed by atoms with E-state index in [0.717, 1.165) is 17.1 Å². The summed E-state index contributed by atoms with van der Waals surface area (Å²) in [6.07, 6.45) is 0. The average Bonchev–Trinajstić information content (AvgIpc) is 2.39. The quantitative estimate of drug-likeness (QED) is 0.788. The first kappa shape index (κ1) is 12.2. The van der Waals surface area contributed by atoms with E-state index in [4.69, 9.17) is 4.74 Å². The predicted molar refractivity (Wildman–Crippen MR) is 73.1 cm³/mol. The van der Waals surface area contributed by atoms with E-state index in [1.54, 1.807) is 0 Å². The Morgan fingerprint density at radius 1 is 1.06 bits per heavy atom. The van der Waals surface area contributed by atoms with E-state index in [-0.39, 0.29) is 11.7 Å². The van der Waals surface area contributed by atoms with Gasteiger partial charge < -0.3 is 9.84 Å². The van der Waals surface area contributed by atoms with Crippen LogP contribution >= 0.6 is 0 Å². The molecule has 2 nitrogen and oxygen atoms in total. The molecule has 0 fully saturated rings. The number of benzene rings is 2. The highest BCUT2D eigenvalue weighted by molar-refractivity contribution is 5.36. The van der Waals surface area contributed by atoms with Crippen LogP contribution in [0.2, 0.25) is 0 Å². The second kappa shape index (κ2) is 5.41. The molecular weight excluding hydrogens is 224 g/mol. The second-order valence-corrected chi connectivity index (χ2v) is 4.20. The van der Waals surface area contributed by atoms with Crippen molar-refractivity contribution in [2.45, 2.75) is 12.8 Å². The fourth-order valence-corrected chi connectivity index (χ4v) is 1.66. The Bertz CT molecular complexity index is 532. The number of para-hydroxylation sites is 1. The molecule has 0 saturated heterocycles. The average molecular weight is 240 g/mol. The number of ether oxygens (including phenoxy) is 1. The van der Waals surface area contributed by atoms with Gasteiger partial charge in [0, 0.05) is 5.92 Å². The molecule has 0 aliphatic heterocycles. The number of allylic oxidation sites excluding steroid dienone is 1. The zero-order chi connectivity index (χ0) is 13.0. The van der Waals surface area contributed by atoms with Gasteiger partial charge in [-0.2, -0.15) is 0 Å². The first-order valence-corrected chi connectivity index (χ1v) is 5.87. The molecule has 0 saturated carbocycles. The lowest BCUT2D eigenvalue weighted by molar-refractivity contribution is 0.377. The van der Waals surface area contributed by atoms with Crippen molar-refractivity contribution in [3.63, 3.8) is 0 Å². The van der Waals surface area contributed by atoms with Crippen molar-refractivity contribution in [2.75, 3.05) is 0 Å². The topological polar surface area (TPSA) is 29.5 Å². The summed E-state index contributed by atoms with van der Waals surface area (Å²) in [4.78, 5) is 0. The minimum atomic E-state index is -0.0932. The molecule has 2 heteroatoms. The van der Waals surface area contributed by atoms with Gasteiger partial charge in [-0.15, -0.1) is 0 Å². The predicted octanol–water partition coefficient (Wildman–Crippen LogP) is 4.65. The fourth-order valence-electron chi connectivity index (χ4n) is 1.66. The molecule has 0 bridgehead atoms. The Morgan fingerprint density at radius 2 is 1.72 bits per heavy atom. The smallest absolute Gasteiger partial charge is 0.127 e. The van der Waals surface area contributed by atoms with Crippen molar-refractivity contribution in [3.05, 3.63) is 72.5 Å². The molecule has 1 N–H and O–H groups in total. The molecule has 0 spiro atoms. The fraction of sp³-hybridized carbons (Fsp3) is 0.125. The third-order valence-corrected chi connectivity index (χ3v) is 2.84. The van der Waals surface area contributed by atoms with Gasteiger partial charge in [-0.05, 0) is 29.8 Å². The van der Waals surface area contributed by atoms with Gasteiger partial charge in [-0.1, -0.05) is 43.8 Å². The third-order valence-electron chi connectivity index (χ3n) is 2.84. The van der Waals surface area contributed by atoms with Crippen LogP contribution in [0.3, 0.4) is 0 Å². The summed E-state index contributed by atoms with van der Waals surface area (Å²) in [6.45, 7) is 5.47. The van der Waals surface area contributed by atoms with E-state index in [0.29, 0.717) is 0 Å². The molecule has 92 valence electrons. The molecule has 2 aromatic carbocycles. The van der Waals surface area contributed by atoms with Crippen molar-refractivity contribution < 1.29 is 9.84 Å². The van der Waals surface area contributed by atoms with E-state index in [9.17, 15) is 5.11 Å². The van der Waals surface area contributed by atoms with Crippen LogP contribution in [0, 0.1) is 0 Å². The monoisotopic (exact) mass is 240 g/mol. The summed E-state index contributed by atoms with van der Waals surface area (Å²) in [5.41, 5.74) is 0.982. The highest BCUT2D eigenvalue weighted by Gasteiger charge is 2.09. The van der Waals surface area contributed by atoms with E-state index < -0.39 is 0 Å². The first-order valence-electron chi connectivity index (χ1n) is 5.87. The van der Waals surface area contributed by atoms with Crippen LogP contribution in [0.15, 0.2) is 66.9 Å². The minimum Gasteiger partial charge on any atom is -0.512 e. The SMILES string of the molecule is C=C(O)C(C)c1cccc(Oc2ccccc2)c1. The van der Waals surface area contributed by atoms with Crippen molar-refractivity contribution in [1.82, 2.24) is 0 Å². The molecule has 0 heterocycles. The van der Waals surface area contributed by atoms with Gasteiger partial charge in [0.05, 0.1) is 5.76 Å². The number of aliphatic hydroxyl groups excluding tert-OH is 1. The maximum atomic E-state index is 9.42. The molecular formula is C16H16O2. The molecule has 0 aliphatic carbocycles. The zero-order valence-corrected chi connectivity index (χ0v) is 10.3. The van der Waals surface area contributed by atoms with E-state index in [2.05, 4.69) is 6.58 Å². The molecule has 18 heavy (non-hydrogen) atoms. The van der Waals surface area contributed by atoms with Crippen LogP contribution in [0.5, 0.6) is 11.5 Å². The Labute approximate surface area is 107 Å². The molecule has 0 aromatic heterocycles. The highest BCUT2D eigenvalue weighted by atomic mass is 16.5. The molecule has 0 radical (unpaired) electrons. The third kappa shape index (κ3) is 2.92. The summed E-state index contributed by atoms with van der Waals surface area (Å²) >= 11 is 0. The Hall–Kier alpha value is -2.22. The van der Waals surface area contributed by atoms with Crippen LogP contribution in [0.25, 0.3) is 0 Å². The first-order chi connectivity index (χ1) is 8.66. The molecule has 0 amide bonds. The molecule has 1 unspecified atom stereocenters. The van der Waals surface area contributed by atoms with Crippen molar-refractivity contribution in [1.29, 1.82) is 0 Å². The van der Waals surface area contributed by atoms with Crippen LogP contribution in [-0.4, -0.2) is 5.11 Å².